The molecule has 1 aliphatic rings. The van der Waals surface area contributed by atoms with Gasteiger partial charge in [0.05, 0.1) is 20.3 Å². The topological polar surface area (TPSA) is 30.5 Å². The molecule has 0 aromatic heterocycles. The van der Waals surface area contributed by atoms with E-state index in [9.17, 15) is 0 Å². The fourth-order valence-corrected chi connectivity index (χ4v) is 2.71. The van der Waals surface area contributed by atoms with E-state index in [0.717, 1.165) is 24.8 Å². The van der Waals surface area contributed by atoms with Crippen LogP contribution in [0.5, 0.6) is 5.75 Å². The summed E-state index contributed by atoms with van der Waals surface area (Å²) in [4.78, 5) is 0. The van der Waals surface area contributed by atoms with E-state index >= 15 is 0 Å². The molecule has 0 aliphatic heterocycles. The fourth-order valence-electron chi connectivity index (χ4n) is 2.71. The summed E-state index contributed by atoms with van der Waals surface area (Å²) in [5.41, 5.74) is 1.19. The van der Waals surface area contributed by atoms with Crippen LogP contribution in [-0.2, 0) is 11.3 Å². The number of benzene rings is 1. The van der Waals surface area contributed by atoms with Crippen LogP contribution in [0.2, 0.25) is 0 Å². The molecule has 0 radical (unpaired) electrons. The highest BCUT2D eigenvalue weighted by Crippen LogP contribution is 2.23. The smallest absolute Gasteiger partial charge is 0.118 e. The summed E-state index contributed by atoms with van der Waals surface area (Å²) < 4.78 is 10.8. The average molecular weight is 277 g/mol. The van der Waals surface area contributed by atoms with Crippen molar-refractivity contribution in [1.29, 1.82) is 0 Å². The van der Waals surface area contributed by atoms with E-state index in [-0.39, 0.29) is 0 Å². The highest BCUT2D eigenvalue weighted by Gasteiger charge is 2.16. The second-order valence-corrected chi connectivity index (χ2v) is 5.81. The van der Waals surface area contributed by atoms with Crippen molar-refractivity contribution >= 4 is 0 Å². The highest BCUT2D eigenvalue weighted by atomic mass is 16.5. The third kappa shape index (κ3) is 5.14. The van der Waals surface area contributed by atoms with Gasteiger partial charge in [0.2, 0.25) is 0 Å². The minimum absolute atomic E-state index is 0.674. The summed E-state index contributed by atoms with van der Waals surface area (Å²) >= 11 is 0. The van der Waals surface area contributed by atoms with Gasteiger partial charge in [0.1, 0.15) is 5.75 Å². The van der Waals surface area contributed by atoms with E-state index in [1.165, 1.54) is 31.2 Å². The quantitative estimate of drug-likeness (QED) is 0.775. The lowest BCUT2D eigenvalue weighted by molar-refractivity contribution is 0.118. The lowest BCUT2D eigenvalue weighted by Crippen LogP contribution is -2.34. The van der Waals surface area contributed by atoms with Crippen LogP contribution in [0.4, 0.5) is 0 Å². The van der Waals surface area contributed by atoms with E-state index in [0.29, 0.717) is 12.6 Å². The molecule has 0 saturated heterocycles. The van der Waals surface area contributed by atoms with Crippen molar-refractivity contribution < 1.29 is 9.47 Å². The number of methoxy groups -OCH3 is 1. The second kappa shape index (κ2) is 8.28. The molecule has 3 heteroatoms. The Labute approximate surface area is 122 Å². The van der Waals surface area contributed by atoms with Gasteiger partial charge in [-0.3, -0.25) is 0 Å². The Morgan fingerprint density at radius 2 is 1.80 bits per heavy atom. The molecule has 2 rings (SSSR count). The Bertz CT molecular complexity index is 369. The minimum Gasteiger partial charge on any atom is -0.497 e. The molecule has 1 fully saturated rings. The van der Waals surface area contributed by atoms with Crippen LogP contribution in [0.3, 0.4) is 0 Å². The van der Waals surface area contributed by atoms with Crippen molar-refractivity contribution in [3.63, 3.8) is 0 Å². The predicted molar refractivity (Wildman–Crippen MR) is 82.1 cm³/mol. The van der Waals surface area contributed by atoms with Crippen LogP contribution in [0.15, 0.2) is 24.3 Å². The molecule has 1 saturated carbocycles. The van der Waals surface area contributed by atoms with Gasteiger partial charge in [0.25, 0.3) is 0 Å². The van der Waals surface area contributed by atoms with Crippen LogP contribution >= 0.6 is 0 Å². The van der Waals surface area contributed by atoms with Gasteiger partial charge in [-0.25, -0.2) is 0 Å². The van der Waals surface area contributed by atoms with E-state index in [1.54, 1.807) is 7.11 Å². The molecule has 1 aliphatic carbocycles. The monoisotopic (exact) mass is 277 g/mol. The molecule has 3 nitrogen and oxygen atoms in total. The Morgan fingerprint density at radius 1 is 1.10 bits per heavy atom. The van der Waals surface area contributed by atoms with Crippen LogP contribution in [0.1, 0.15) is 38.2 Å². The summed E-state index contributed by atoms with van der Waals surface area (Å²) in [6.45, 7) is 4.76. The number of hydrogen-bond acceptors (Lipinski definition) is 3. The number of hydrogen-bond donors (Lipinski definition) is 1. The number of ether oxygens (including phenoxy) is 2. The summed E-state index contributed by atoms with van der Waals surface area (Å²) in [6, 6.07) is 8.75. The van der Waals surface area contributed by atoms with E-state index in [2.05, 4.69) is 24.4 Å². The summed E-state index contributed by atoms with van der Waals surface area (Å²) in [5, 5.41) is 3.60. The van der Waals surface area contributed by atoms with E-state index in [4.69, 9.17) is 9.47 Å². The van der Waals surface area contributed by atoms with Crippen LogP contribution < -0.4 is 10.1 Å². The molecule has 1 N–H and O–H groups in total. The maximum Gasteiger partial charge on any atom is 0.118 e. The third-order valence-corrected chi connectivity index (χ3v) is 4.12. The molecule has 0 unspecified atom stereocenters. The average Bonchev–Trinajstić information content (AvgIpc) is 2.49. The van der Waals surface area contributed by atoms with Gasteiger partial charge in [-0.15, -0.1) is 0 Å². The van der Waals surface area contributed by atoms with Gasteiger partial charge < -0.3 is 14.8 Å². The molecule has 0 heterocycles. The number of rotatable bonds is 7. The first kappa shape index (κ1) is 15.3. The van der Waals surface area contributed by atoms with Gasteiger partial charge in [-0.05, 0) is 49.3 Å². The summed E-state index contributed by atoms with van der Waals surface area (Å²) in [6.07, 6.45) is 5.37. The lowest BCUT2D eigenvalue weighted by atomic mass is 9.87. The maximum atomic E-state index is 5.70. The molecule has 1 aromatic rings. The molecular weight excluding hydrogens is 250 g/mol. The first-order valence-electron chi connectivity index (χ1n) is 7.72. The molecule has 0 amide bonds. The predicted octanol–water partition coefficient (Wildman–Crippen LogP) is 3.38. The molecule has 112 valence electrons. The lowest BCUT2D eigenvalue weighted by Gasteiger charge is -2.26. The highest BCUT2D eigenvalue weighted by molar-refractivity contribution is 5.26. The zero-order chi connectivity index (χ0) is 14.2. The maximum absolute atomic E-state index is 5.70. The van der Waals surface area contributed by atoms with Gasteiger partial charge in [0.15, 0.2) is 0 Å². The Morgan fingerprint density at radius 3 is 2.45 bits per heavy atom. The first-order chi connectivity index (χ1) is 9.78. The Kier molecular flexibility index (Phi) is 6.34. The number of nitrogens with one attached hydrogen (secondary N) is 1. The molecular formula is C17H27NO2. The standard InChI is InChI=1S/C17H27NO2/c1-14-3-7-16(8-4-14)18-11-12-20-13-15-5-9-17(19-2)10-6-15/h5-6,9-10,14,16,18H,3-4,7-8,11-13H2,1-2H3. The summed E-state index contributed by atoms with van der Waals surface area (Å²) in [7, 11) is 1.68. The summed E-state index contributed by atoms with van der Waals surface area (Å²) in [5.74, 6) is 1.81. The normalized spacial score (nSPS) is 22.7. The van der Waals surface area contributed by atoms with Gasteiger partial charge >= 0.3 is 0 Å². The first-order valence-corrected chi connectivity index (χ1v) is 7.72. The van der Waals surface area contributed by atoms with Crippen molar-refractivity contribution in [2.24, 2.45) is 5.92 Å². The Hall–Kier alpha value is -1.06. The van der Waals surface area contributed by atoms with Crippen molar-refractivity contribution in [2.45, 2.75) is 45.3 Å². The molecule has 1 aromatic carbocycles. The zero-order valence-electron chi connectivity index (χ0n) is 12.7. The van der Waals surface area contributed by atoms with Gasteiger partial charge in [0, 0.05) is 12.6 Å². The van der Waals surface area contributed by atoms with E-state index < -0.39 is 0 Å². The van der Waals surface area contributed by atoms with Gasteiger partial charge in [-0.1, -0.05) is 19.1 Å². The Balaban J connectivity index is 1.55. The molecule has 0 bridgehead atoms. The van der Waals surface area contributed by atoms with Crippen molar-refractivity contribution in [1.82, 2.24) is 5.32 Å². The second-order valence-electron chi connectivity index (χ2n) is 5.81. The SMILES string of the molecule is COc1ccc(COCCNC2CCC(C)CC2)cc1. The minimum atomic E-state index is 0.674. The fraction of sp³-hybridized carbons (Fsp3) is 0.647. The largest absolute Gasteiger partial charge is 0.497 e. The molecule has 0 atom stereocenters. The van der Waals surface area contributed by atoms with E-state index in [1.807, 2.05) is 12.1 Å². The molecule has 20 heavy (non-hydrogen) atoms. The third-order valence-electron chi connectivity index (χ3n) is 4.12. The van der Waals surface area contributed by atoms with Crippen LogP contribution in [-0.4, -0.2) is 26.3 Å². The van der Waals surface area contributed by atoms with Crippen molar-refractivity contribution in [3.05, 3.63) is 29.8 Å². The van der Waals surface area contributed by atoms with Crippen LogP contribution in [0, 0.1) is 5.92 Å². The zero-order valence-corrected chi connectivity index (χ0v) is 12.7. The van der Waals surface area contributed by atoms with Crippen molar-refractivity contribution in [3.8, 4) is 5.75 Å². The van der Waals surface area contributed by atoms with Gasteiger partial charge in [-0.2, -0.15) is 0 Å². The molecule has 0 spiro atoms. The van der Waals surface area contributed by atoms with Crippen molar-refractivity contribution in [2.75, 3.05) is 20.3 Å². The van der Waals surface area contributed by atoms with Crippen LogP contribution in [0.25, 0.3) is 0 Å².